The summed E-state index contributed by atoms with van der Waals surface area (Å²) in [7, 11) is -3.74. The van der Waals surface area contributed by atoms with Crippen LogP contribution in [0.15, 0.2) is 71.9 Å². The molecule has 0 spiro atoms. The quantitative estimate of drug-likeness (QED) is 0.429. The van der Waals surface area contributed by atoms with E-state index in [1.807, 2.05) is 30.3 Å². The van der Waals surface area contributed by atoms with E-state index in [9.17, 15) is 18.3 Å². The maximum Gasteiger partial charge on any atom is 0.321 e. The lowest BCUT2D eigenvalue weighted by atomic mass is 10.1. The molecule has 0 amide bonds. The Hall–Kier alpha value is -2.23. The van der Waals surface area contributed by atoms with Crippen molar-refractivity contribution in [2.75, 3.05) is 6.54 Å². The number of nitrogens with one attached hydrogen (secondary N) is 2. The SMILES string of the molecule is CC(CNC(Cc1ccccc1)C(=O)O)NS(=O)(=O)c1ccc2cnccc2c1.Cl.Cl. The number of carboxylic acid groups (broad SMARTS) is 1. The lowest BCUT2D eigenvalue weighted by Gasteiger charge is -2.19. The zero-order valence-electron chi connectivity index (χ0n) is 16.8. The van der Waals surface area contributed by atoms with Gasteiger partial charge in [0.25, 0.3) is 0 Å². The Labute approximate surface area is 194 Å². The van der Waals surface area contributed by atoms with Gasteiger partial charge in [0.05, 0.1) is 4.90 Å². The Kier molecular flexibility index (Phi) is 10.4. The number of sulfonamides is 1. The zero-order valence-corrected chi connectivity index (χ0v) is 19.2. The number of benzene rings is 2. The van der Waals surface area contributed by atoms with Crippen LogP contribution in [-0.4, -0.2) is 43.1 Å². The van der Waals surface area contributed by atoms with Crippen LogP contribution in [0.2, 0.25) is 0 Å². The Bertz CT molecular complexity index is 1100. The van der Waals surface area contributed by atoms with Gasteiger partial charge in [-0.15, -0.1) is 24.8 Å². The summed E-state index contributed by atoms with van der Waals surface area (Å²) in [4.78, 5) is 15.7. The van der Waals surface area contributed by atoms with Crippen molar-refractivity contribution >= 4 is 51.6 Å². The third-order valence-corrected chi connectivity index (χ3v) is 6.12. The summed E-state index contributed by atoms with van der Waals surface area (Å²) in [6.45, 7) is 1.87. The van der Waals surface area contributed by atoms with Gasteiger partial charge >= 0.3 is 5.97 Å². The number of aromatic nitrogens is 1. The van der Waals surface area contributed by atoms with Crippen molar-refractivity contribution in [3.8, 4) is 0 Å². The molecule has 3 aromatic rings. The molecule has 7 nitrogen and oxygen atoms in total. The summed E-state index contributed by atoms with van der Waals surface area (Å²) >= 11 is 0. The van der Waals surface area contributed by atoms with Crippen molar-refractivity contribution in [3.63, 3.8) is 0 Å². The number of hydrogen-bond donors (Lipinski definition) is 3. The predicted octanol–water partition coefficient (Wildman–Crippen LogP) is 3.03. The standard InChI is InChI=1S/C21H23N3O4S.2ClH/c1-15(13-23-20(21(25)26)11-16-5-3-2-4-6-16)24-29(27,28)19-8-7-18-14-22-10-9-17(18)12-19;;/h2-10,12,14-15,20,23-24H,11,13H2,1H3,(H,25,26);2*1H. The van der Waals surface area contributed by atoms with Crippen LogP contribution < -0.4 is 10.0 Å². The van der Waals surface area contributed by atoms with Crippen molar-refractivity contribution < 1.29 is 18.3 Å². The van der Waals surface area contributed by atoms with E-state index in [0.717, 1.165) is 16.3 Å². The maximum atomic E-state index is 12.7. The van der Waals surface area contributed by atoms with E-state index >= 15 is 0 Å². The van der Waals surface area contributed by atoms with E-state index in [0.29, 0.717) is 6.42 Å². The molecule has 2 unspecified atom stereocenters. The highest BCUT2D eigenvalue weighted by Gasteiger charge is 2.21. The number of carboxylic acids is 1. The molecule has 0 bridgehead atoms. The summed E-state index contributed by atoms with van der Waals surface area (Å²) in [5.41, 5.74) is 0.895. The number of halogens is 2. The number of nitrogens with zero attached hydrogens (tertiary/aromatic N) is 1. The van der Waals surface area contributed by atoms with Gasteiger partial charge < -0.3 is 10.4 Å². The molecular formula is C21H25Cl2N3O4S. The van der Waals surface area contributed by atoms with Crippen molar-refractivity contribution in [3.05, 3.63) is 72.6 Å². The van der Waals surface area contributed by atoms with Gasteiger partial charge in [-0.3, -0.25) is 9.78 Å². The molecule has 1 heterocycles. The first-order chi connectivity index (χ1) is 13.8. The monoisotopic (exact) mass is 485 g/mol. The summed E-state index contributed by atoms with van der Waals surface area (Å²) in [6.07, 6.45) is 3.59. The Morgan fingerprint density at radius 1 is 1.06 bits per heavy atom. The lowest BCUT2D eigenvalue weighted by molar-refractivity contribution is -0.139. The molecule has 0 aliphatic rings. The number of hydrogen-bond acceptors (Lipinski definition) is 5. The molecule has 2 aromatic carbocycles. The molecule has 3 N–H and O–H groups in total. The molecule has 0 fully saturated rings. The van der Waals surface area contributed by atoms with E-state index in [2.05, 4.69) is 15.0 Å². The third-order valence-electron chi connectivity index (χ3n) is 4.53. The number of aliphatic carboxylic acids is 1. The molecule has 3 rings (SSSR count). The maximum absolute atomic E-state index is 12.7. The van der Waals surface area contributed by atoms with Crippen molar-refractivity contribution in [2.24, 2.45) is 0 Å². The first-order valence-corrected chi connectivity index (χ1v) is 10.7. The molecule has 0 aliphatic carbocycles. The van der Waals surface area contributed by atoms with Crippen LogP contribution in [0.4, 0.5) is 0 Å². The molecular weight excluding hydrogens is 461 g/mol. The fraction of sp³-hybridized carbons (Fsp3) is 0.238. The average molecular weight is 486 g/mol. The second kappa shape index (κ2) is 12.0. The second-order valence-electron chi connectivity index (χ2n) is 6.90. The minimum Gasteiger partial charge on any atom is -0.480 e. The van der Waals surface area contributed by atoms with Crippen LogP contribution >= 0.6 is 24.8 Å². The number of carbonyl (C=O) groups is 1. The minimum absolute atomic E-state index is 0. The Morgan fingerprint density at radius 2 is 1.77 bits per heavy atom. The van der Waals surface area contributed by atoms with Gasteiger partial charge in [0.15, 0.2) is 0 Å². The normalized spacial score (nSPS) is 12.9. The van der Waals surface area contributed by atoms with Gasteiger partial charge in [0.1, 0.15) is 6.04 Å². The molecule has 2 atom stereocenters. The van der Waals surface area contributed by atoms with Crippen LogP contribution in [-0.2, 0) is 21.2 Å². The van der Waals surface area contributed by atoms with Crippen LogP contribution in [0.3, 0.4) is 0 Å². The Morgan fingerprint density at radius 3 is 2.45 bits per heavy atom. The smallest absolute Gasteiger partial charge is 0.321 e. The largest absolute Gasteiger partial charge is 0.480 e. The third kappa shape index (κ3) is 7.45. The minimum atomic E-state index is -3.74. The summed E-state index contributed by atoms with van der Waals surface area (Å²) < 4.78 is 28.0. The number of pyridine rings is 1. The molecule has 0 saturated carbocycles. The highest BCUT2D eigenvalue weighted by molar-refractivity contribution is 7.89. The van der Waals surface area contributed by atoms with Gasteiger partial charge in [-0.05, 0) is 42.5 Å². The highest BCUT2D eigenvalue weighted by Crippen LogP contribution is 2.18. The van der Waals surface area contributed by atoms with Crippen molar-refractivity contribution in [2.45, 2.75) is 30.3 Å². The first-order valence-electron chi connectivity index (χ1n) is 9.21. The van der Waals surface area contributed by atoms with Crippen LogP contribution in [0.1, 0.15) is 12.5 Å². The second-order valence-corrected chi connectivity index (χ2v) is 8.61. The van der Waals surface area contributed by atoms with Gasteiger partial charge in [0.2, 0.25) is 10.0 Å². The molecule has 0 radical (unpaired) electrons. The summed E-state index contributed by atoms with van der Waals surface area (Å²) in [5.74, 6) is -0.980. The van der Waals surface area contributed by atoms with Crippen LogP contribution in [0.5, 0.6) is 0 Å². The molecule has 168 valence electrons. The van der Waals surface area contributed by atoms with Gasteiger partial charge in [0, 0.05) is 30.4 Å². The van der Waals surface area contributed by atoms with Crippen molar-refractivity contribution in [1.29, 1.82) is 0 Å². The fourth-order valence-electron chi connectivity index (χ4n) is 3.02. The molecule has 1 aromatic heterocycles. The van der Waals surface area contributed by atoms with E-state index in [1.165, 1.54) is 6.07 Å². The van der Waals surface area contributed by atoms with Crippen LogP contribution in [0.25, 0.3) is 10.8 Å². The fourth-order valence-corrected chi connectivity index (χ4v) is 4.30. The molecule has 10 heteroatoms. The first kappa shape index (κ1) is 26.8. The predicted molar refractivity (Wildman–Crippen MR) is 126 cm³/mol. The molecule has 0 saturated heterocycles. The van der Waals surface area contributed by atoms with E-state index < -0.39 is 28.1 Å². The van der Waals surface area contributed by atoms with Gasteiger partial charge in [-0.1, -0.05) is 36.4 Å². The van der Waals surface area contributed by atoms with Crippen LogP contribution in [0, 0.1) is 0 Å². The zero-order chi connectivity index (χ0) is 20.9. The highest BCUT2D eigenvalue weighted by atomic mass is 35.5. The van der Waals surface area contributed by atoms with E-state index in [1.54, 1.807) is 37.5 Å². The number of fused-ring (bicyclic) bond motifs is 1. The number of rotatable bonds is 9. The summed E-state index contributed by atoms with van der Waals surface area (Å²) in [5, 5.41) is 14.0. The average Bonchev–Trinajstić information content (AvgIpc) is 2.71. The molecule has 31 heavy (non-hydrogen) atoms. The Balaban J connectivity index is 0.00000240. The van der Waals surface area contributed by atoms with E-state index in [4.69, 9.17) is 0 Å². The van der Waals surface area contributed by atoms with E-state index in [-0.39, 0.29) is 36.3 Å². The lowest BCUT2D eigenvalue weighted by Crippen LogP contribution is -2.46. The summed E-state index contributed by atoms with van der Waals surface area (Å²) in [6, 6.07) is 14.6. The van der Waals surface area contributed by atoms with Gasteiger partial charge in [-0.25, -0.2) is 13.1 Å². The van der Waals surface area contributed by atoms with Gasteiger partial charge in [-0.2, -0.15) is 0 Å². The topological polar surface area (TPSA) is 108 Å². The van der Waals surface area contributed by atoms with Crippen molar-refractivity contribution in [1.82, 2.24) is 15.0 Å². The molecule has 0 aliphatic heterocycles.